The average Bonchev–Trinajstić information content (AvgIpc) is 2.36. The SMILES string of the molecule is Cc1cc(NCc2cc(F)ccc2F)c(N)cc1F. The third-order valence-electron chi connectivity index (χ3n) is 2.81. The standard InChI is InChI=1S/C14H13F3N2/c1-8-4-14(13(18)6-12(8)17)19-7-9-5-10(15)2-3-11(9)16/h2-6,19H,7,18H2,1H3. The topological polar surface area (TPSA) is 38.0 Å². The maximum atomic E-state index is 13.4. The highest BCUT2D eigenvalue weighted by Gasteiger charge is 2.07. The van der Waals surface area contributed by atoms with Crippen LogP contribution in [0.25, 0.3) is 0 Å². The van der Waals surface area contributed by atoms with E-state index in [1.54, 1.807) is 6.92 Å². The number of anilines is 2. The second kappa shape index (κ2) is 5.22. The van der Waals surface area contributed by atoms with Gasteiger partial charge in [0, 0.05) is 12.1 Å². The van der Waals surface area contributed by atoms with Crippen LogP contribution < -0.4 is 11.1 Å². The average molecular weight is 266 g/mol. The van der Waals surface area contributed by atoms with Gasteiger partial charge in [-0.05, 0) is 42.8 Å². The van der Waals surface area contributed by atoms with Crippen molar-refractivity contribution in [1.29, 1.82) is 0 Å². The van der Waals surface area contributed by atoms with Crippen LogP contribution in [-0.2, 0) is 6.54 Å². The van der Waals surface area contributed by atoms with Gasteiger partial charge in [-0.3, -0.25) is 0 Å². The van der Waals surface area contributed by atoms with Crippen LogP contribution in [0.5, 0.6) is 0 Å². The van der Waals surface area contributed by atoms with Crippen LogP contribution in [0.15, 0.2) is 30.3 Å². The molecule has 2 rings (SSSR count). The number of aryl methyl sites for hydroxylation is 1. The van der Waals surface area contributed by atoms with Crippen LogP contribution in [0.1, 0.15) is 11.1 Å². The number of nitrogens with one attached hydrogen (secondary N) is 1. The van der Waals surface area contributed by atoms with Gasteiger partial charge in [0.15, 0.2) is 0 Å². The van der Waals surface area contributed by atoms with Gasteiger partial charge in [-0.15, -0.1) is 0 Å². The molecule has 0 atom stereocenters. The summed E-state index contributed by atoms with van der Waals surface area (Å²) in [5.41, 5.74) is 6.97. The lowest BCUT2D eigenvalue weighted by atomic mass is 10.1. The molecule has 19 heavy (non-hydrogen) atoms. The van der Waals surface area contributed by atoms with Gasteiger partial charge in [0.25, 0.3) is 0 Å². The molecule has 0 saturated heterocycles. The van der Waals surface area contributed by atoms with Gasteiger partial charge in [-0.2, -0.15) is 0 Å². The summed E-state index contributed by atoms with van der Waals surface area (Å²) in [5.74, 6) is -1.42. The van der Waals surface area contributed by atoms with E-state index in [0.29, 0.717) is 11.3 Å². The highest BCUT2D eigenvalue weighted by Crippen LogP contribution is 2.23. The molecule has 0 fully saturated rings. The molecule has 100 valence electrons. The lowest BCUT2D eigenvalue weighted by molar-refractivity contribution is 0.587. The minimum Gasteiger partial charge on any atom is -0.397 e. The normalized spacial score (nSPS) is 10.5. The summed E-state index contributed by atoms with van der Waals surface area (Å²) in [4.78, 5) is 0. The number of benzene rings is 2. The van der Waals surface area contributed by atoms with Crippen LogP contribution in [0.4, 0.5) is 24.5 Å². The van der Waals surface area contributed by atoms with Gasteiger partial charge in [0.2, 0.25) is 0 Å². The molecule has 0 heterocycles. The van der Waals surface area contributed by atoms with Crippen molar-refractivity contribution in [1.82, 2.24) is 0 Å². The van der Waals surface area contributed by atoms with Crippen molar-refractivity contribution < 1.29 is 13.2 Å². The maximum Gasteiger partial charge on any atom is 0.128 e. The molecule has 0 saturated carbocycles. The molecule has 2 aromatic carbocycles. The predicted molar refractivity (Wildman–Crippen MR) is 69.2 cm³/mol. The Labute approximate surface area is 109 Å². The van der Waals surface area contributed by atoms with Crippen LogP contribution >= 0.6 is 0 Å². The fraction of sp³-hybridized carbons (Fsp3) is 0.143. The Hall–Kier alpha value is -2.17. The lowest BCUT2D eigenvalue weighted by Gasteiger charge is -2.11. The second-order valence-electron chi connectivity index (χ2n) is 4.28. The maximum absolute atomic E-state index is 13.4. The summed E-state index contributed by atoms with van der Waals surface area (Å²) >= 11 is 0. The smallest absolute Gasteiger partial charge is 0.128 e. The molecule has 0 bridgehead atoms. The van der Waals surface area contributed by atoms with Gasteiger partial charge in [-0.1, -0.05) is 0 Å². The van der Waals surface area contributed by atoms with Crippen molar-refractivity contribution >= 4 is 11.4 Å². The lowest BCUT2D eigenvalue weighted by Crippen LogP contribution is -2.05. The van der Waals surface area contributed by atoms with Crippen LogP contribution in [0.2, 0.25) is 0 Å². The third-order valence-corrected chi connectivity index (χ3v) is 2.81. The van der Waals surface area contributed by atoms with Gasteiger partial charge < -0.3 is 11.1 Å². The van der Waals surface area contributed by atoms with Gasteiger partial charge in [0.05, 0.1) is 11.4 Å². The molecule has 0 aliphatic carbocycles. The zero-order chi connectivity index (χ0) is 14.0. The largest absolute Gasteiger partial charge is 0.397 e. The molecule has 0 aliphatic heterocycles. The number of nitrogen functional groups attached to an aromatic ring is 1. The van der Waals surface area contributed by atoms with Crippen LogP contribution in [0.3, 0.4) is 0 Å². The van der Waals surface area contributed by atoms with E-state index in [0.717, 1.165) is 18.2 Å². The van der Waals surface area contributed by atoms with E-state index >= 15 is 0 Å². The Kier molecular flexibility index (Phi) is 3.64. The molecule has 0 spiro atoms. The summed E-state index contributed by atoms with van der Waals surface area (Å²) in [7, 11) is 0. The van der Waals surface area contributed by atoms with Gasteiger partial charge >= 0.3 is 0 Å². The number of hydrogen-bond acceptors (Lipinski definition) is 2. The highest BCUT2D eigenvalue weighted by atomic mass is 19.1. The molecular weight excluding hydrogens is 253 g/mol. The first-order chi connectivity index (χ1) is 8.97. The summed E-state index contributed by atoms with van der Waals surface area (Å²) in [5, 5.41) is 2.87. The second-order valence-corrected chi connectivity index (χ2v) is 4.28. The molecule has 3 N–H and O–H groups in total. The Balaban J connectivity index is 2.19. The van der Waals surface area contributed by atoms with Crippen LogP contribution in [-0.4, -0.2) is 0 Å². The summed E-state index contributed by atoms with van der Waals surface area (Å²) in [6.07, 6.45) is 0. The Morgan fingerprint density at radius 1 is 1.05 bits per heavy atom. The van der Waals surface area contributed by atoms with E-state index in [-0.39, 0.29) is 17.8 Å². The monoisotopic (exact) mass is 266 g/mol. The van der Waals surface area contributed by atoms with Gasteiger partial charge in [-0.25, -0.2) is 13.2 Å². The summed E-state index contributed by atoms with van der Waals surface area (Å²) in [6.45, 7) is 1.67. The van der Waals surface area contributed by atoms with Crippen molar-refractivity contribution in [2.45, 2.75) is 13.5 Å². The number of rotatable bonds is 3. The number of nitrogens with two attached hydrogens (primary N) is 1. The quantitative estimate of drug-likeness (QED) is 0.833. The highest BCUT2D eigenvalue weighted by molar-refractivity contribution is 5.67. The predicted octanol–water partition coefficient (Wildman–Crippen LogP) is 3.61. The van der Waals surface area contributed by atoms with Crippen molar-refractivity contribution in [3.8, 4) is 0 Å². The van der Waals surface area contributed by atoms with Crippen molar-refractivity contribution in [3.05, 3.63) is 58.9 Å². The molecule has 0 aliphatic rings. The fourth-order valence-corrected chi connectivity index (χ4v) is 1.72. The van der Waals surface area contributed by atoms with E-state index in [1.165, 1.54) is 12.1 Å². The first-order valence-electron chi connectivity index (χ1n) is 5.71. The van der Waals surface area contributed by atoms with Crippen molar-refractivity contribution in [3.63, 3.8) is 0 Å². The number of hydrogen-bond donors (Lipinski definition) is 2. The molecular formula is C14H13F3N2. The Morgan fingerprint density at radius 3 is 2.53 bits per heavy atom. The van der Waals surface area contributed by atoms with E-state index < -0.39 is 17.5 Å². The first kappa shape index (κ1) is 13.3. The molecule has 0 aromatic heterocycles. The molecule has 0 radical (unpaired) electrons. The first-order valence-corrected chi connectivity index (χ1v) is 5.71. The van der Waals surface area contributed by atoms with Crippen LogP contribution in [0, 0.1) is 24.4 Å². The minimum atomic E-state index is -0.513. The molecule has 5 heteroatoms. The zero-order valence-electron chi connectivity index (χ0n) is 10.3. The third kappa shape index (κ3) is 2.99. The van der Waals surface area contributed by atoms with E-state index in [9.17, 15) is 13.2 Å². The Bertz CT molecular complexity index is 612. The Morgan fingerprint density at radius 2 is 1.79 bits per heavy atom. The molecule has 2 nitrogen and oxygen atoms in total. The van der Waals surface area contributed by atoms with E-state index in [2.05, 4.69) is 5.32 Å². The summed E-state index contributed by atoms with van der Waals surface area (Å²) in [6, 6.07) is 5.94. The fourth-order valence-electron chi connectivity index (χ4n) is 1.72. The van der Waals surface area contributed by atoms with Crippen molar-refractivity contribution in [2.75, 3.05) is 11.1 Å². The van der Waals surface area contributed by atoms with Crippen molar-refractivity contribution in [2.24, 2.45) is 0 Å². The number of halogens is 3. The zero-order valence-corrected chi connectivity index (χ0v) is 10.3. The summed E-state index contributed by atoms with van der Waals surface area (Å²) < 4.78 is 39.6. The molecule has 0 amide bonds. The molecule has 2 aromatic rings. The van der Waals surface area contributed by atoms with Gasteiger partial charge in [0.1, 0.15) is 17.5 Å². The van der Waals surface area contributed by atoms with E-state index in [1.807, 2.05) is 0 Å². The minimum absolute atomic E-state index is 0.0683. The molecule has 0 unspecified atom stereocenters. The van der Waals surface area contributed by atoms with E-state index in [4.69, 9.17) is 5.73 Å².